The number of nitrogens with one attached hydrogen (secondary N) is 1. The second-order valence-electron chi connectivity index (χ2n) is 10.2. The molecule has 1 atom stereocenters. The first-order valence-corrected chi connectivity index (χ1v) is 13.3. The molecule has 2 aliphatic carbocycles. The van der Waals surface area contributed by atoms with Crippen molar-refractivity contribution in [2.75, 3.05) is 0 Å². The summed E-state index contributed by atoms with van der Waals surface area (Å²) in [4.78, 5) is 13.2. The van der Waals surface area contributed by atoms with Crippen LogP contribution in [0.1, 0.15) is 41.8 Å². The Morgan fingerprint density at radius 1 is 0.919 bits per heavy atom. The minimum Gasteiger partial charge on any atom is -0.368 e. The van der Waals surface area contributed by atoms with Gasteiger partial charge in [-0.1, -0.05) is 72.3 Å². The summed E-state index contributed by atoms with van der Waals surface area (Å²) in [6.07, 6.45) is 17.6. The molecule has 0 aromatic heterocycles. The molecule has 6 rings (SSSR count). The zero-order valence-electron chi connectivity index (χ0n) is 21.0. The van der Waals surface area contributed by atoms with Gasteiger partial charge in [0.15, 0.2) is 5.78 Å². The van der Waals surface area contributed by atoms with Crippen molar-refractivity contribution in [2.24, 2.45) is 5.92 Å². The van der Waals surface area contributed by atoms with Crippen molar-refractivity contribution >= 4 is 33.9 Å². The van der Waals surface area contributed by atoms with Crippen LogP contribution >= 0.6 is 15.9 Å². The number of carbonyl (C=O) groups excluding carboxylic acids is 1. The first kappa shape index (κ1) is 25.2. The smallest absolute Gasteiger partial charge is 0.169 e. The monoisotopic (exact) mass is 553 g/mol. The third-order valence-electron chi connectivity index (χ3n) is 7.18. The normalized spacial score (nSPS) is 17.9. The number of hydrogen-bond acceptors (Lipinski definition) is 2. The molecule has 3 aromatic rings. The molecular weight excluding hydrogens is 525 g/mol. The quantitative estimate of drug-likeness (QED) is 0.356. The van der Waals surface area contributed by atoms with Crippen LogP contribution in [0.15, 0.2) is 95.8 Å². The van der Waals surface area contributed by atoms with Gasteiger partial charge < -0.3 is 5.32 Å². The van der Waals surface area contributed by atoms with Gasteiger partial charge >= 0.3 is 0 Å². The lowest BCUT2D eigenvalue weighted by Gasteiger charge is -2.34. The Balaban J connectivity index is 0.000000348. The van der Waals surface area contributed by atoms with Gasteiger partial charge in [0, 0.05) is 28.4 Å². The molecule has 3 aliphatic rings. The predicted molar refractivity (Wildman–Crippen MR) is 154 cm³/mol. The second-order valence-corrected chi connectivity index (χ2v) is 11.1. The Bertz CT molecular complexity index is 1550. The van der Waals surface area contributed by atoms with Gasteiger partial charge in [0.2, 0.25) is 0 Å². The van der Waals surface area contributed by atoms with Crippen molar-refractivity contribution in [3.63, 3.8) is 0 Å². The molecule has 0 saturated heterocycles. The summed E-state index contributed by atoms with van der Waals surface area (Å²) in [6.45, 7) is 4.42. The molecule has 0 fully saturated rings. The first-order valence-electron chi connectivity index (χ1n) is 12.5. The average Bonchev–Trinajstić information content (AvgIpc) is 3.21. The number of ketones is 1. The summed E-state index contributed by atoms with van der Waals surface area (Å²) in [5.41, 5.74) is 5.54. The van der Waals surface area contributed by atoms with Gasteiger partial charge in [-0.3, -0.25) is 4.79 Å². The highest BCUT2D eigenvalue weighted by Crippen LogP contribution is 2.35. The van der Waals surface area contributed by atoms with Crippen LogP contribution in [0.2, 0.25) is 0 Å². The van der Waals surface area contributed by atoms with E-state index in [1.807, 2.05) is 36.7 Å². The SMILES string of the molecule is C1=CC=CNC=C1.CC1(C)CC(C(=O)c2ccc(F)cc2)C=c2c1ccc1c2=CCc2cc(Br)ccc2-1. The second kappa shape index (κ2) is 10.5. The fourth-order valence-corrected chi connectivity index (χ4v) is 5.80. The van der Waals surface area contributed by atoms with E-state index in [1.54, 1.807) is 12.1 Å². The molecule has 3 aromatic carbocycles. The molecule has 186 valence electrons. The van der Waals surface area contributed by atoms with Crippen molar-refractivity contribution in [3.05, 3.63) is 129 Å². The number of hydrogen-bond donors (Lipinski definition) is 1. The topological polar surface area (TPSA) is 29.1 Å². The Morgan fingerprint density at radius 2 is 1.62 bits per heavy atom. The molecule has 0 amide bonds. The van der Waals surface area contributed by atoms with Crippen LogP contribution in [-0.4, -0.2) is 5.78 Å². The van der Waals surface area contributed by atoms with E-state index in [1.165, 1.54) is 44.8 Å². The Hall–Kier alpha value is -3.50. The lowest BCUT2D eigenvalue weighted by atomic mass is 9.69. The maximum atomic E-state index is 13.3. The van der Waals surface area contributed by atoms with E-state index in [0.717, 1.165) is 17.3 Å². The van der Waals surface area contributed by atoms with Crippen LogP contribution in [-0.2, 0) is 11.8 Å². The van der Waals surface area contributed by atoms with Crippen LogP contribution < -0.4 is 15.8 Å². The Labute approximate surface area is 225 Å². The molecule has 2 nitrogen and oxygen atoms in total. The van der Waals surface area contributed by atoms with Crippen molar-refractivity contribution in [1.82, 2.24) is 5.32 Å². The van der Waals surface area contributed by atoms with Gasteiger partial charge in [-0.15, -0.1) is 0 Å². The van der Waals surface area contributed by atoms with E-state index < -0.39 is 0 Å². The highest BCUT2D eigenvalue weighted by molar-refractivity contribution is 9.10. The highest BCUT2D eigenvalue weighted by Gasteiger charge is 2.33. The summed E-state index contributed by atoms with van der Waals surface area (Å²) in [5.74, 6) is -0.477. The van der Waals surface area contributed by atoms with Crippen molar-refractivity contribution < 1.29 is 9.18 Å². The first-order chi connectivity index (χ1) is 17.8. The van der Waals surface area contributed by atoms with Gasteiger partial charge in [-0.25, -0.2) is 4.39 Å². The van der Waals surface area contributed by atoms with Crippen molar-refractivity contribution in [2.45, 2.75) is 32.1 Å². The maximum Gasteiger partial charge on any atom is 0.169 e. The molecule has 1 N–H and O–H groups in total. The molecular formula is C33H29BrFNO. The third-order valence-corrected chi connectivity index (χ3v) is 7.67. The number of allylic oxidation sites excluding steroid dienone is 4. The minimum atomic E-state index is -0.321. The van der Waals surface area contributed by atoms with Crippen LogP contribution in [0, 0.1) is 11.7 Å². The lowest BCUT2D eigenvalue weighted by molar-refractivity contribution is 0.0933. The summed E-state index contributed by atoms with van der Waals surface area (Å²) in [7, 11) is 0. The number of fused-ring (bicyclic) bond motifs is 5. The molecule has 0 bridgehead atoms. The fraction of sp³-hybridized carbons (Fsp3) is 0.182. The van der Waals surface area contributed by atoms with Gasteiger partial charge in [0.05, 0.1) is 0 Å². The molecule has 1 heterocycles. The summed E-state index contributed by atoms with van der Waals surface area (Å²) in [6, 6.07) is 16.8. The zero-order valence-corrected chi connectivity index (χ0v) is 22.6. The number of Topliss-reactive ketones (excluding diaryl/α,β-unsaturated/α-hetero) is 1. The molecule has 0 radical (unpaired) electrons. The molecule has 0 saturated carbocycles. The predicted octanol–water partition coefficient (Wildman–Crippen LogP) is 6.73. The number of carbonyl (C=O) groups is 1. The average molecular weight is 555 g/mol. The summed E-state index contributed by atoms with van der Waals surface area (Å²) in [5, 5.41) is 5.33. The molecule has 4 heteroatoms. The zero-order chi connectivity index (χ0) is 26.0. The lowest BCUT2D eigenvalue weighted by Crippen LogP contribution is -2.43. The van der Waals surface area contributed by atoms with Crippen molar-refractivity contribution in [1.29, 1.82) is 0 Å². The van der Waals surface area contributed by atoms with Crippen LogP contribution in [0.25, 0.3) is 23.3 Å². The van der Waals surface area contributed by atoms with E-state index in [4.69, 9.17) is 0 Å². The molecule has 37 heavy (non-hydrogen) atoms. The highest BCUT2D eigenvalue weighted by atomic mass is 79.9. The van der Waals surface area contributed by atoms with Gasteiger partial charge in [0.1, 0.15) is 5.82 Å². The Kier molecular flexibility index (Phi) is 7.12. The minimum absolute atomic E-state index is 0.0615. The van der Waals surface area contributed by atoms with Crippen molar-refractivity contribution in [3.8, 4) is 11.1 Å². The van der Waals surface area contributed by atoms with E-state index >= 15 is 0 Å². The van der Waals surface area contributed by atoms with Crippen LogP contribution in [0.3, 0.4) is 0 Å². The maximum absolute atomic E-state index is 13.3. The van der Waals surface area contributed by atoms with E-state index in [0.29, 0.717) is 5.56 Å². The fourth-order valence-electron chi connectivity index (χ4n) is 5.39. The van der Waals surface area contributed by atoms with Gasteiger partial charge in [0.25, 0.3) is 0 Å². The van der Waals surface area contributed by atoms with Crippen LogP contribution in [0.5, 0.6) is 0 Å². The van der Waals surface area contributed by atoms with Gasteiger partial charge in [-0.05, 0) is 99.5 Å². The number of benzene rings is 3. The number of halogens is 2. The van der Waals surface area contributed by atoms with E-state index in [-0.39, 0.29) is 22.9 Å². The van der Waals surface area contributed by atoms with Crippen LogP contribution in [0.4, 0.5) is 4.39 Å². The number of rotatable bonds is 2. The van der Waals surface area contributed by atoms with E-state index in [2.05, 4.69) is 77.6 Å². The molecule has 1 unspecified atom stereocenters. The van der Waals surface area contributed by atoms with Gasteiger partial charge in [-0.2, -0.15) is 0 Å². The largest absolute Gasteiger partial charge is 0.368 e. The summed E-state index contributed by atoms with van der Waals surface area (Å²) >= 11 is 3.57. The third kappa shape index (κ3) is 5.30. The summed E-state index contributed by atoms with van der Waals surface area (Å²) < 4.78 is 14.4. The Morgan fingerprint density at radius 3 is 2.35 bits per heavy atom. The molecule has 1 aliphatic heterocycles. The molecule has 0 spiro atoms. The van der Waals surface area contributed by atoms with E-state index in [9.17, 15) is 9.18 Å². The standard InChI is InChI=1S/C27H22BrFO.C6H7N/c1-27(2)15-18(26(30)16-3-7-20(29)8-4-16)14-24-23-9-5-17-13-19(28)6-10-21(17)22(23)11-12-25(24)27;1-2-4-6-7-5-3-1/h3-4,6-14,18H,5,15H2,1-2H3;1-7H.